The number of likely N-dealkylation sites (tertiary alicyclic amines) is 1. The van der Waals surface area contributed by atoms with Crippen LogP contribution in [0.1, 0.15) is 56.1 Å². The van der Waals surface area contributed by atoms with Crippen molar-refractivity contribution in [2.24, 2.45) is 13.0 Å². The number of nitrogens with one attached hydrogen (secondary N) is 1. The minimum absolute atomic E-state index is 0.0557. The molecule has 2 aliphatic rings. The van der Waals surface area contributed by atoms with Crippen molar-refractivity contribution in [3.8, 4) is 22.4 Å². The molecule has 4 aromatic rings. The van der Waals surface area contributed by atoms with Crippen LogP contribution in [-0.4, -0.2) is 57.3 Å². The van der Waals surface area contributed by atoms with E-state index in [1.165, 1.54) is 61.7 Å². The Morgan fingerprint density at radius 2 is 1.87 bits per heavy atom. The van der Waals surface area contributed by atoms with Gasteiger partial charge in [-0.3, -0.25) is 4.79 Å². The lowest BCUT2D eigenvalue weighted by Crippen LogP contribution is -2.36. The standard InChI is InChI=1S/C31H37N5O2/c1-20(2)29-27-12-23(22-6-9-36(10-7-22)16-21-8-11-38-18-21)4-5-28(27)34-30(29)24-13-26(31(37)35(3)17-24)25-14-32-19-33-15-25/h4-5,12-15,17,19-22,34H,6-11,16,18H2,1-3H3. The monoisotopic (exact) mass is 511 g/mol. The van der Waals surface area contributed by atoms with Crippen LogP contribution in [0.5, 0.6) is 0 Å². The van der Waals surface area contributed by atoms with Gasteiger partial charge in [-0.15, -0.1) is 0 Å². The van der Waals surface area contributed by atoms with Crippen LogP contribution in [0.3, 0.4) is 0 Å². The second kappa shape index (κ2) is 10.5. The number of pyridine rings is 1. The molecule has 0 amide bonds. The maximum Gasteiger partial charge on any atom is 0.258 e. The number of piperidine rings is 1. The van der Waals surface area contributed by atoms with Gasteiger partial charge in [-0.1, -0.05) is 19.9 Å². The summed E-state index contributed by atoms with van der Waals surface area (Å²) in [4.78, 5) is 27.6. The fourth-order valence-electron chi connectivity index (χ4n) is 6.35. The number of aryl methyl sites for hydroxylation is 1. The van der Waals surface area contributed by atoms with Crippen molar-refractivity contribution in [1.82, 2.24) is 24.4 Å². The summed E-state index contributed by atoms with van der Waals surface area (Å²) in [6.07, 6.45) is 10.4. The van der Waals surface area contributed by atoms with Crippen molar-refractivity contribution in [1.29, 1.82) is 0 Å². The summed E-state index contributed by atoms with van der Waals surface area (Å²) >= 11 is 0. The van der Waals surface area contributed by atoms with E-state index in [-0.39, 0.29) is 5.56 Å². The lowest BCUT2D eigenvalue weighted by Gasteiger charge is -2.33. The average Bonchev–Trinajstić information content (AvgIpc) is 3.58. The third-order valence-corrected chi connectivity index (χ3v) is 8.38. The fraction of sp³-hybridized carbons (Fsp3) is 0.452. The minimum Gasteiger partial charge on any atom is -0.381 e. The van der Waals surface area contributed by atoms with E-state index in [0.717, 1.165) is 35.6 Å². The Balaban J connectivity index is 1.32. The summed E-state index contributed by atoms with van der Waals surface area (Å²) in [5.74, 6) is 1.63. The first-order chi connectivity index (χ1) is 18.5. The predicted molar refractivity (Wildman–Crippen MR) is 151 cm³/mol. The summed E-state index contributed by atoms with van der Waals surface area (Å²) in [5.41, 5.74) is 7.24. The van der Waals surface area contributed by atoms with Gasteiger partial charge in [-0.05, 0) is 79.4 Å². The van der Waals surface area contributed by atoms with Crippen LogP contribution >= 0.6 is 0 Å². The van der Waals surface area contributed by atoms with Crippen molar-refractivity contribution < 1.29 is 4.74 Å². The Kier molecular flexibility index (Phi) is 6.89. The lowest BCUT2D eigenvalue weighted by atomic mass is 9.87. The van der Waals surface area contributed by atoms with Gasteiger partial charge in [0.05, 0.1) is 17.9 Å². The molecule has 1 unspecified atom stereocenters. The molecule has 0 spiro atoms. The molecule has 0 bridgehead atoms. The molecule has 6 rings (SSSR count). The molecule has 1 atom stereocenters. The molecule has 5 heterocycles. The summed E-state index contributed by atoms with van der Waals surface area (Å²) in [6.45, 7) is 9.87. The van der Waals surface area contributed by atoms with Gasteiger partial charge in [0, 0.05) is 60.8 Å². The van der Waals surface area contributed by atoms with Gasteiger partial charge in [0.15, 0.2) is 0 Å². The minimum atomic E-state index is -0.0557. The molecule has 7 nitrogen and oxygen atoms in total. The van der Waals surface area contributed by atoms with Gasteiger partial charge in [-0.25, -0.2) is 9.97 Å². The van der Waals surface area contributed by atoms with Crippen molar-refractivity contribution in [2.75, 3.05) is 32.8 Å². The Hall–Kier alpha value is -3.29. The number of aromatic nitrogens is 4. The topological polar surface area (TPSA) is 76.0 Å². The van der Waals surface area contributed by atoms with Gasteiger partial charge in [-0.2, -0.15) is 0 Å². The average molecular weight is 512 g/mol. The number of ether oxygens (including phenoxy) is 1. The third-order valence-electron chi connectivity index (χ3n) is 8.38. The molecule has 2 aliphatic heterocycles. The molecule has 0 aliphatic carbocycles. The van der Waals surface area contributed by atoms with Crippen LogP contribution in [0.25, 0.3) is 33.3 Å². The second-order valence-corrected chi connectivity index (χ2v) is 11.4. The molecule has 7 heteroatoms. The smallest absolute Gasteiger partial charge is 0.258 e. The zero-order chi connectivity index (χ0) is 26.2. The Morgan fingerprint density at radius 3 is 2.58 bits per heavy atom. The molecule has 3 aromatic heterocycles. The van der Waals surface area contributed by atoms with Crippen molar-refractivity contribution in [2.45, 2.75) is 44.9 Å². The SMILES string of the molecule is CC(C)c1c(-c2cc(-c3cncnc3)c(=O)n(C)c2)[nH]c2ccc(C3CCN(CC4CCOC4)CC3)cc12. The van der Waals surface area contributed by atoms with E-state index in [4.69, 9.17) is 4.74 Å². The first-order valence-corrected chi connectivity index (χ1v) is 13.9. The summed E-state index contributed by atoms with van der Waals surface area (Å²) < 4.78 is 7.24. The number of hydrogen-bond donors (Lipinski definition) is 1. The quantitative estimate of drug-likeness (QED) is 0.379. The fourth-order valence-corrected chi connectivity index (χ4v) is 6.35. The van der Waals surface area contributed by atoms with E-state index in [0.29, 0.717) is 23.3 Å². The summed E-state index contributed by atoms with van der Waals surface area (Å²) in [7, 11) is 1.81. The maximum atomic E-state index is 13.0. The molecular weight excluding hydrogens is 474 g/mol. The van der Waals surface area contributed by atoms with Gasteiger partial charge in [0.2, 0.25) is 0 Å². The number of rotatable bonds is 6. The number of aromatic amines is 1. The number of H-pyrrole nitrogens is 1. The van der Waals surface area contributed by atoms with Crippen LogP contribution in [0.4, 0.5) is 0 Å². The van der Waals surface area contributed by atoms with E-state index in [1.54, 1.807) is 24.0 Å². The molecule has 2 saturated heterocycles. The lowest BCUT2D eigenvalue weighted by molar-refractivity contribution is 0.152. The normalized spacial score (nSPS) is 19.1. The second-order valence-electron chi connectivity index (χ2n) is 11.4. The highest BCUT2D eigenvalue weighted by atomic mass is 16.5. The number of hydrogen-bond acceptors (Lipinski definition) is 5. The molecule has 38 heavy (non-hydrogen) atoms. The molecular formula is C31H37N5O2. The molecule has 0 saturated carbocycles. The van der Waals surface area contributed by atoms with Crippen LogP contribution < -0.4 is 5.56 Å². The van der Waals surface area contributed by atoms with Crippen molar-refractivity contribution in [3.63, 3.8) is 0 Å². The summed E-state index contributed by atoms with van der Waals surface area (Å²) in [5, 5.41) is 1.29. The largest absolute Gasteiger partial charge is 0.381 e. The van der Waals surface area contributed by atoms with Gasteiger partial charge in [0.25, 0.3) is 5.56 Å². The Labute approximate surface area is 223 Å². The maximum absolute atomic E-state index is 13.0. The highest BCUT2D eigenvalue weighted by molar-refractivity contribution is 5.92. The van der Waals surface area contributed by atoms with Gasteiger partial charge < -0.3 is 19.2 Å². The van der Waals surface area contributed by atoms with Gasteiger partial charge in [0.1, 0.15) is 6.33 Å². The highest BCUT2D eigenvalue weighted by Crippen LogP contribution is 2.39. The van der Waals surface area contributed by atoms with Gasteiger partial charge >= 0.3 is 0 Å². The zero-order valence-corrected chi connectivity index (χ0v) is 22.6. The van der Waals surface area contributed by atoms with Crippen molar-refractivity contribution in [3.05, 3.63) is 70.7 Å². The van der Waals surface area contributed by atoms with Crippen molar-refractivity contribution >= 4 is 10.9 Å². The molecule has 1 N–H and O–H groups in total. The summed E-state index contributed by atoms with van der Waals surface area (Å²) in [6, 6.07) is 8.95. The molecule has 198 valence electrons. The highest BCUT2D eigenvalue weighted by Gasteiger charge is 2.26. The predicted octanol–water partition coefficient (Wildman–Crippen LogP) is 5.33. The third kappa shape index (κ3) is 4.81. The Morgan fingerprint density at radius 1 is 1.08 bits per heavy atom. The number of fused-ring (bicyclic) bond motifs is 1. The van der Waals surface area contributed by atoms with E-state index in [1.807, 2.05) is 12.3 Å². The van der Waals surface area contributed by atoms with Crippen LogP contribution in [0.2, 0.25) is 0 Å². The Bertz CT molecular complexity index is 1480. The first-order valence-electron chi connectivity index (χ1n) is 13.9. The number of benzene rings is 1. The first kappa shape index (κ1) is 25.0. The van der Waals surface area contributed by atoms with E-state index in [9.17, 15) is 4.79 Å². The molecule has 1 aromatic carbocycles. The molecule has 0 radical (unpaired) electrons. The molecule has 2 fully saturated rings. The van der Waals surface area contributed by atoms with Crippen LogP contribution in [-0.2, 0) is 11.8 Å². The van der Waals surface area contributed by atoms with Crippen LogP contribution in [0, 0.1) is 5.92 Å². The van der Waals surface area contributed by atoms with Crippen LogP contribution in [0.15, 0.2) is 54.0 Å². The zero-order valence-electron chi connectivity index (χ0n) is 22.6. The van der Waals surface area contributed by atoms with E-state index < -0.39 is 0 Å². The van der Waals surface area contributed by atoms with E-state index >= 15 is 0 Å². The number of nitrogens with zero attached hydrogens (tertiary/aromatic N) is 4. The van der Waals surface area contributed by atoms with E-state index in [2.05, 4.69) is 51.9 Å².